The van der Waals surface area contributed by atoms with Gasteiger partial charge in [-0.05, 0) is 57.6 Å². The zero-order chi connectivity index (χ0) is 22.9. The summed E-state index contributed by atoms with van der Waals surface area (Å²) >= 11 is 0. The van der Waals surface area contributed by atoms with Crippen LogP contribution in [0.15, 0.2) is 24.5 Å². The van der Waals surface area contributed by atoms with Gasteiger partial charge in [0.2, 0.25) is 0 Å². The quantitative estimate of drug-likeness (QED) is 0.629. The van der Waals surface area contributed by atoms with Gasteiger partial charge in [-0.2, -0.15) is 5.10 Å². The molecule has 2 amide bonds. The molecule has 1 aliphatic heterocycles. The first-order chi connectivity index (χ1) is 16.0. The summed E-state index contributed by atoms with van der Waals surface area (Å²) in [7, 11) is 1.81. The van der Waals surface area contributed by atoms with Crippen LogP contribution in [0.3, 0.4) is 0 Å². The molecule has 5 rings (SSSR count). The number of nitrogens with one attached hydrogen (secondary N) is 2. The van der Waals surface area contributed by atoms with E-state index in [9.17, 15) is 9.18 Å². The predicted octanol–water partition coefficient (Wildman–Crippen LogP) is 3.48. The standard InChI is InChI=1S/C23H29FN8O/c1-14-6-5-11-32(14)23(33)28-16-8-3-7-15(12-16)27-20-18(24)13-26-21(29-20)19-17-9-4-10-25-22(17)31(2)30-19/h4,9-10,13-16H,3,5-8,11-12H2,1-2H3,(H,28,33)(H,26,27,29)/t14-,15?,16-/m1/s1. The van der Waals surface area contributed by atoms with Gasteiger partial charge in [-0.3, -0.25) is 0 Å². The Labute approximate surface area is 191 Å². The Hall–Kier alpha value is -3.30. The van der Waals surface area contributed by atoms with E-state index in [4.69, 9.17) is 0 Å². The number of hydrogen-bond donors (Lipinski definition) is 2. The lowest BCUT2D eigenvalue weighted by Gasteiger charge is -2.32. The average molecular weight is 453 g/mol. The molecule has 1 saturated carbocycles. The number of carbonyl (C=O) groups excluding carboxylic acids is 1. The van der Waals surface area contributed by atoms with Crippen molar-refractivity contribution in [3.63, 3.8) is 0 Å². The molecular formula is C23H29FN8O. The number of urea groups is 1. The monoisotopic (exact) mass is 452 g/mol. The minimum atomic E-state index is -0.505. The van der Waals surface area contributed by atoms with Gasteiger partial charge in [-0.15, -0.1) is 0 Å². The Morgan fingerprint density at radius 1 is 1.18 bits per heavy atom. The van der Waals surface area contributed by atoms with Gasteiger partial charge in [-0.25, -0.2) is 28.8 Å². The molecule has 2 N–H and O–H groups in total. The van der Waals surface area contributed by atoms with Gasteiger partial charge in [0.15, 0.2) is 23.1 Å². The van der Waals surface area contributed by atoms with Gasteiger partial charge >= 0.3 is 6.03 Å². The summed E-state index contributed by atoms with van der Waals surface area (Å²) in [6.07, 6.45) is 8.49. The number of pyridine rings is 1. The fraction of sp³-hybridized carbons (Fsp3) is 0.522. The van der Waals surface area contributed by atoms with Crippen molar-refractivity contribution in [2.24, 2.45) is 7.05 Å². The molecule has 0 radical (unpaired) electrons. The van der Waals surface area contributed by atoms with Crippen LogP contribution < -0.4 is 10.6 Å². The molecule has 3 atom stereocenters. The van der Waals surface area contributed by atoms with E-state index in [1.807, 2.05) is 17.0 Å². The van der Waals surface area contributed by atoms with E-state index in [-0.39, 0.29) is 30.0 Å². The first-order valence-electron chi connectivity index (χ1n) is 11.6. The van der Waals surface area contributed by atoms with Gasteiger partial charge < -0.3 is 15.5 Å². The SMILES string of the molecule is C[C@@H]1CCCN1C(=O)N[C@@H]1CCCC(Nc2nc(-c3nn(C)c4ncccc34)ncc2F)C1. The molecule has 1 aliphatic carbocycles. The van der Waals surface area contributed by atoms with Crippen molar-refractivity contribution < 1.29 is 9.18 Å². The third-order valence-corrected chi connectivity index (χ3v) is 6.71. The lowest BCUT2D eigenvalue weighted by Crippen LogP contribution is -2.48. The van der Waals surface area contributed by atoms with Crippen LogP contribution in [0.2, 0.25) is 0 Å². The number of fused-ring (bicyclic) bond motifs is 1. The number of likely N-dealkylation sites (tertiary alicyclic amines) is 1. The second-order valence-corrected chi connectivity index (χ2v) is 9.08. The minimum absolute atomic E-state index is 0.0109. The van der Waals surface area contributed by atoms with Crippen LogP contribution in [-0.4, -0.2) is 60.3 Å². The van der Waals surface area contributed by atoms with Crippen molar-refractivity contribution in [1.29, 1.82) is 0 Å². The molecule has 3 aromatic heterocycles. The number of amides is 2. The Balaban J connectivity index is 1.30. The van der Waals surface area contributed by atoms with Crippen LogP contribution in [0, 0.1) is 5.82 Å². The largest absolute Gasteiger partial charge is 0.365 e. The van der Waals surface area contributed by atoms with Crippen LogP contribution in [-0.2, 0) is 7.05 Å². The van der Waals surface area contributed by atoms with Gasteiger partial charge in [0.05, 0.1) is 11.6 Å². The summed E-state index contributed by atoms with van der Waals surface area (Å²) in [4.78, 5) is 27.6. The van der Waals surface area contributed by atoms with E-state index < -0.39 is 5.82 Å². The van der Waals surface area contributed by atoms with Crippen LogP contribution in [0.5, 0.6) is 0 Å². The highest BCUT2D eigenvalue weighted by atomic mass is 19.1. The second kappa shape index (κ2) is 8.92. The first-order valence-corrected chi connectivity index (χ1v) is 11.6. The molecule has 0 spiro atoms. The van der Waals surface area contributed by atoms with Gasteiger partial charge in [0.1, 0.15) is 5.69 Å². The van der Waals surface area contributed by atoms with E-state index in [1.165, 1.54) is 6.20 Å². The second-order valence-electron chi connectivity index (χ2n) is 9.08. The molecule has 174 valence electrons. The van der Waals surface area contributed by atoms with Crippen molar-refractivity contribution in [1.82, 2.24) is 34.9 Å². The van der Waals surface area contributed by atoms with E-state index in [0.29, 0.717) is 17.2 Å². The van der Waals surface area contributed by atoms with Crippen molar-refractivity contribution in [3.8, 4) is 11.5 Å². The predicted molar refractivity (Wildman–Crippen MR) is 123 cm³/mol. The Kier molecular flexibility index (Phi) is 5.82. The maximum Gasteiger partial charge on any atom is 0.317 e. The summed E-state index contributed by atoms with van der Waals surface area (Å²) in [6, 6.07) is 4.10. The maximum absolute atomic E-state index is 14.6. The van der Waals surface area contributed by atoms with Crippen molar-refractivity contribution >= 4 is 22.9 Å². The van der Waals surface area contributed by atoms with Gasteiger partial charge in [0.25, 0.3) is 0 Å². The number of anilines is 1. The highest BCUT2D eigenvalue weighted by Gasteiger charge is 2.29. The average Bonchev–Trinajstić information content (AvgIpc) is 3.39. The molecule has 10 heteroatoms. The summed E-state index contributed by atoms with van der Waals surface area (Å²) in [5.74, 6) is 0.00294. The Morgan fingerprint density at radius 2 is 2.03 bits per heavy atom. The van der Waals surface area contributed by atoms with E-state index in [2.05, 4.69) is 37.6 Å². The topological polar surface area (TPSA) is 101 Å². The fourth-order valence-corrected chi connectivity index (χ4v) is 4.98. The molecule has 0 aromatic carbocycles. The zero-order valence-corrected chi connectivity index (χ0v) is 19.0. The van der Waals surface area contributed by atoms with E-state index in [0.717, 1.165) is 50.5 Å². The smallest absolute Gasteiger partial charge is 0.317 e. The van der Waals surface area contributed by atoms with Crippen LogP contribution in [0.1, 0.15) is 45.4 Å². The minimum Gasteiger partial charge on any atom is -0.365 e. The maximum atomic E-state index is 14.6. The van der Waals surface area contributed by atoms with Gasteiger partial charge in [-0.1, -0.05) is 0 Å². The van der Waals surface area contributed by atoms with Crippen molar-refractivity contribution in [3.05, 3.63) is 30.3 Å². The fourth-order valence-electron chi connectivity index (χ4n) is 4.98. The van der Waals surface area contributed by atoms with Crippen LogP contribution >= 0.6 is 0 Å². The molecule has 2 aliphatic rings. The number of carbonyl (C=O) groups is 1. The number of nitrogens with zero attached hydrogens (tertiary/aromatic N) is 6. The Bertz CT molecular complexity index is 1160. The highest BCUT2D eigenvalue weighted by molar-refractivity contribution is 5.89. The number of aromatic nitrogens is 5. The number of hydrogen-bond acceptors (Lipinski definition) is 6. The molecule has 4 heterocycles. The van der Waals surface area contributed by atoms with E-state index in [1.54, 1.807) is 17.9 Å². The van der Waals surface area contributed by atoms with Gasteiger partial charge in [0, 0.05) is 37.9 Å². The lowest BCUT2D eigenvalue weighted by molar-refractivity contribution is 0.187. The molecule has 2 fully saturated rings. The first kappa shape index (κ1) is 21.5. The normalized spacial score (nSPS) is 23.1. The van der Waals surface area contributed by atoms with Crippen molar-refractivity contribution in [2.75, 3.05) is 11.9 Å². The number of aryl methyl sites for hydroxylation is 1. The molecule has 0 bridgehead atoms. The summed E-state index contributed by atoms with van der Waals surface area (Å²) in [6.45, 7) is 2.90. The third-order valence-electron chi connectivity index (χ3n) is 6.71. The Morgan fingerprint density at radius 3 is 2.85 bits per heavy atom. The molecule has 3 aromatic rings. The zero-order valence-electron chi connectivity index (χ0n) is 19.0. The molecule has 1 unspecified atom stereocenters. The number of halogens is 1. The molecule has 1 saturated heterocycles. The highest BCUT2D eigenvalue weighted by Crippen LogP contribution is 2.27. The number of rotatable bonds is 4. The summed E-state index contributed by atoms with van der Waals surface area (Å²) in [5.41, 5.74) is 1.28. The molecule has 33 heavy (non-hydrogen) atoms. The molecule has 9 nitrogen and oxygen atoms in total. The van der Waals surface area contributed by atoms with Crippen molar-refractivity contribution in [2.45, 2.75) is 63.6 Å². The summed E-state index contributed by atoms with van der Waals surface area (Å²) < 4.78 is 16.3. The third kappa shape index (κ3) is 4.34. The van der Waals surface area contributed by atoms with Crippen LogP contribution in [0.25, 0.3) is 22.6 Å². The van der Waals surface area contributed by atoms with Crippen LogP contribution in [0.4, 0.5) is 15.0 Å². The lowest BCUT2D eigenvalue weighted by atomic mass is 9.91. The summed E-state index contributed by atoms with van der Waals surface area (Å²) in [5, 5.41) is 11.7. The molecular weight excluding hydrogens is 423 g/mol. The van der Waals surface area contributed by atoms with E-state index >= 15 is 0 Å².